The van der Waals surface area contributed by atoms with Crippen LogP contribution in [0, 0.1) is 0 Å². The molecule has 1 saturated heterocycles. The minimum absolute atomic E-state index is 0.0746. The van der Waals surface area contributed by atoms with E-state index in [1.807, 2.05) is 39.6 Å². The van der Waals surface area contributed by atoms with Gasteiger partial charge in [-0.05, 0) is 24.6 Å². The van der Waals surface area contributed by atoms with Crippen molar-refractivity contribution in [1.29, 1.82) is 0 Å². The van der Waals surface area contributed by atoms with Crippen LogP contribution in [-0.4, -0.2) is 57.4 Å². The topological polar surface area (TPSA) is 54.3 Å². The first-order valence-electron chi connectivity index (χ1n) is 8.82. The summed E-state index contributed by atoms with van der Waals surface area (Å²) in [5.74, 6) is 1.50. The summed E-state index contributed by atoms with van der Waals surface area (Å²) in [6, 6.07) is 4.06. The Balaban J connectivity index is 1.65. The summed E-state index contributed by atoms with van der Waals surface area (Å²) < 4.78 is 2.07. The summed E-state index contributed by atoms with van der Waals surface area (Å²) >= 11 is 1.52. The van der Waals surface area contributed by atoms with Crippen LogP contribution in [0.3, 0.4) is 0 Å². The Hall–Kier alpha value is -2.25. The lowest BCUT2D eigenvalue weighted by atomic mass is 9.95. The second kappa shape index (κ2) is 6.81. The number of likely N-dealkylation sites (tertiary alicyclic amines) is 1. The Bertz CT molecular complexity index is 944. The fourth-order valence-corrected chi connectivity index (χ4v) is 4.93. The van der Waals surface area contributed by atoms with Gasteiger partial charge in [-0.1, -0.05) is 6.07 Å². The number of amides is 1. The number of nitrogens with zero attached hydrogens (tertiary/aromatic N) is 5. The number of fused-ring (bicyclic) bond motifs is 1. The summed E-state index contributed by atoms with van der Waals surface area (Å²) in [7, 11) is 5.65. The van der Waals surface area contributed by atoms with Gasteiger partial charge in [-0.15, -0.1) is 11.3 Å². The van der Waals surface area contributed by atoms with Crippen LogP contribution >= 0.6 is 11.3 Å². The molecule has 3 aromatic heterocycles. The van der Waals surface area contributed by atoms with Crippen LogP contribution in [0.15, 0.2) is 30.7 Å². The van der Waals surface area contributed by atoms with Gasteiger partial charge in [0.25, 0.3) is 5.91 Å². The Labute approximate surface area is 157 Å². The average molecular weight is 369 g/mol. The summed E-state index contributed by atoms with van der Waals surface area (Å²) in [6.07, 6.45) is 6.68. The SMILES string of the molecule is CN(C)C(=O)c1sc2ncccc2c1[C@H]1CCN(Cc2nccn2C)C1. The van der Waals surface area contributed by atoms with Crippen molar-refractivity contribution in [2.75, 3.05) is 27.2 Å². The van der Waals surface area contributed by atoms with Crippen LogP contribution in [0.1, 0.15) is 33.4 Å². The number of aromatic nitrogens is 3. The molecule has 4 rings (SSSR count). The number of carbonyl (C=O) groups excluding carboxylic acids is 1. The van der Waals surface area contributed by atoms with E-state index in [0.29, 0.717) is 5.92 Å². The summed E-state index contributed by atoms with van der Waals surface area (Å²) in [6.45, 7) is 2.81. The van der Waals surface area contributed by atoms with Crippen molar-refractivity contribution in [3.05, 3.63) is 47.0 Å². The maximum Gasteiger partial charge on any atom is 0.263 e. The first-order chi connectivity index (χ1) is 12.5. The number of pyridine rings is 1. The molecule has 1 aliphatic rings. The Morgan fingerprint density at radius 1 is 1.35 bits per heavy atom. The van der Waals surface area contributed by atoms with Crippen molar-refractivity contribution < 1.29 is 4.79 Å². The second-order valence-electron chi connectivity index (χ2n) is 7.08. The molecule has 7 heteroatoms. The van der Waals surface area contributed by atoms with Gasteiger partial charge in [0, 0.05) is 57.6 Å². The Kier molecular flexibility index (Phi) is 4.50. The summed E-state index contributed by atoms with van der Waals surface area (Å²) in [5.41, 5.74) is 1.18. The van der Waals surface area contributed by atoms with E-state index < -0.39 is 0 Å². The lowest BCUT2D eigenvalue weighted by Gasteiger charge is -2.17. The maximum atomic E-state index is 12.8. The molecule has 1 fully saturated rings. The average Bonchev–Trinajstić information content (AvgIpc) is 3.33. The number of aryl methyl sites for hydroxylation is 1. The van der Waals surface area contributed by atoms with Crippen molar-refractivity contribution in [3.63, 3.8) is 0 Å². The molecule has 0 bridgehead atoms. The molecule has 6 nitrogen and oxygen atoms in total. The van der Waals surface area contributed by atoms with Crippen LogP contribution in [0.5, 0.6) is 0 Å². The Morgan fingerprint density at radius 3 is 2.92 bits per heavy atom. The second-order valence-corrected chi connectivity index (χ2v) is 8.07. The fraction of sp³-hybridized carbons (Fsp3) is 0.421. The minimum atomic E-state index is 0.0746. The van der Waals surface area contributed by atoms with Gasteiger partial charge in [0.15, 0.2) is 0 Å². The third kappa shape index (κ3) is 3.01. The minimum Gasteiger partial charge on any atom is -0.344 e. The maximum absolute atomic E-state index is 12.8. The largest absolute Gasteiger partial charge is 0.344 e. The van der Waals surface area contributed by atoms with E-state index in [1.165, 1.54) is 16.9 Å². The molecule has 1 atom stereocenters. The molecule has 0 saturated carbocycles. The smallest absolute Gasteiger partial charge is 0.263 e. The van der Waals surface area contributed by atoms with Crippen molar-refractivity contribution in [2.24, 2.45) is 7.05 Å². The van der Waals surface area contributed by atoms with E-state index in [0.717, 1.165) is 47.0 Å². The molecule has 0 unspecified atom stereocenters. The zero-order valence-corrected chi connectivity index (χ0v) is 16.2. The van der Waals surface area contributed by atoms with E-state index in [1.54, 1.807) is 11.1 Å². The summed E-state index contributed by atoms with van der Waals surface area (Å²) in [4.78, 5) is 27.6. The molecule has 0 aliphatic carbocycles. The first-order valence-corrected chi connectivity index (χ1v) is 9.64. The van der Waals surface area contributed by atoms with Gasteiger partial charge in [-0.25, -0.2) is 9.97 Å². The quantitative estimate of drug-likeness (QED) is 0.710. The predicted molar refractivity (Wildman–Crippen MR) is 103 cm³/mol. The molecule has 26 heavy (non-hydrogen) atoms. The molecule has 0 aromatic carbocycles. The van der Waals surface area contributed by atoms with Gasteiger partial charge in [0.2, 0.25) is 0 Å². The third-order valence-corrected chi connectivity index (χ3v) is 6.19. The standard InChI is InChI=1S/C19H23N5OS/c1-22(2)19(25)17-16(14-5-4-7-21-18(14)26-17)13-6-9-24(11-13)12-15-20-8-10-23(15)3/h4-5,7-8,10,13H,6,9,11-12H2,1-3H3/t13-/m0/s1. The number of rotatable bonds is 4. The van der Waals surface area contributed by atoms with Crippen LogP contribution in [0.25, 0.3) is 10.2 Å². The molecular formula is C19H23N5OS. The van der Waals surface area contributed by atoms with E-state index in [4.69, 9.17) is 0 Å². The fourth-order valence-electron chi connectivity index (χ4n) is 3.68. The van der Waals surface area contributed by atoms with Crippen molar-refractivity contribution >= 4 is 27.5 Å². The zero-order chi connectivity index (χ0) is 18.3. The highest BCUT2D eigenvalue weighted by molar-refractivity contribution is 7.20. The highest BCUT2D eigenvalue weighted by Crippen LogP contribution is 2.39. The molecule has 3 aromatic rings. The lowest BCUT2D eigenvalue weighted by molar-refractivity contribution is 0.0831. The highest BCUT2D eigenvalue weighted by Gasteiger charge is 2.31. The molecular weight excluding hydrogens is 346 g/mol. The van der Waals surface area contributed by atoms with E-state index >= 15 is 0 Å². The van der Waals surface area contributed by atoms with Crippen LogP contribution in [0.4, 0.5) is 0 Å². The number of hydrogen-bond acceptors (Lipinski definition) is 5. The van der Waals surface area contributed by atoms with Gasteiger partial charge in [-0.2, -0.15) is 0 Å². The van der Waals surface area contributed by atoms with E-state index in [-0.39, 0.29) is 5.91 Å². The van der Waals surface area contributed by atoms with Gasteiger partial charge in [0.05, 0.1) is 11.4 Å². The predicted octanol–water partition coefficient (Wildman–Crippen LogP) is 2.72. The summed E-state index contributed by atoms with van der Waals surface area (Å²) in [5, 5.41) is 1.13. The van der Waals surface area contributed by atoms with Crippen LogP contribution in [0.2, 0.25) is 0 Å². The molecule has 0 spiro atoms. The zero-order valence-electron chi connectivity index (χ0n) is 15.3. The molecule has 1 aliphatic heterocycles. The van der Waals surface area contributed by atoms with Gasteiger partial charge >= 0.3 is 0 Å². The normalized spacial score (nSPS) is 17.9. The van der Waals surface area contributed by atoms with Crippen LogP contribution < -0.4 is 0 Å². The van der Waals surface area contributed by atoms with Gasteiger partial charge < -0.3 is 9.47 Å². The Morgan fingerprint density at radius 2 is 2.19 bits per heavy atom. The van der Waals surface area contributed by atoms with E-state index in [9.17, 15) is 4.79 Å². The number of hydrogen-bond donors (Lipinski definition) is 0. The van der Waals surface area contributed by atoms with Gasteiger partial charge in [-0.3, -0.25) is 9.69 Å². The number of thiophene rings is 1. The van der Waals surface area contributed by atoms with Crippen molar-refractivity contribution in [2.45, 2.75) is 18.9 Å². The van der Waals surface area contributed by atoms with Gasteiger partial charge in [0.1, 0.15) is 10.7 Å². The first kappa shape index (κ1) is 17.2. The molecule has 0 radical (unpaired) electrons. The van der Waals surface area contributed by atoms with E-state index in [2.05, 4.69) is 25.5 Å². The highest BCUT2D eigenvalue weighted by atomic mass is 32.1. The lowest BCUT2D eigenvalue weighted by Crippen LogP contribution is -2.24. The van der Waals surface area contributed by atoms with Crippen LogP contribution in [-0.2, 0) is 13.6 Å². The van der Waals surface area contributed by atoms with Crippen molar-refractivity contribution in [1.82, 2.24) is 24.3 Å². The molecule has 1 amide bonds. The number of carbonyl (C=O) groups is 1. The third-order valence-electron chi connectivity index (χ3n) is 5.07. The van der Waals surface area contributed by atoms with Crippen molar-refractivity contribution in [3.8, 4) is 0 Å². The molecule has 4 heterocycles. The monoisotopic (exact) mass is 369 g/mol. The molecule has 136 valence electrons. The number of imidazole rings is 1. The molecule has 0 N–H and O–H groups in total.